The van der Waals surface area contributed by atoms with Crippen molar-refractivity contribution in [2.24, 2.45) is 17.8 Å². The lowest BCUT2D eigenvalue weighted by Crippen LogP contribution is -2.49. The van der Waals surface area contributed by atoms with Crippen LogP contribution in [-0.4, -0.2) is 61.8 Å². The Balaban J connectivity index is 1.58. The Morgan fingerprint density at radius 1 is 1.00 bits per heavy atom. The summed E-state index contributed by atoms with van der Waals surface area (Å²) in [5, 5.41) is 5.86. The molecule has 7 atom stereocenters. The quantitative estimate of drug-likeness (QED) is 0.308. The zero-order chi connectivity index (χ0) is 33.4. The molecular formula is C35H43ClN2O8. The van der Waals surface area contributed by atoms with Gasteiger partial charge in [0.05, 0.1) is 24.2 Å². The molecule has 11 heteroatoms. The molecule has 2 N–H and O–H groups in total. The molecule has 0 radical (unpaired) electrons. The van der Waals surface area contributed by atoms with Gasteiger partial charge in [0.2, 0.25) is 11.8 Å². The first-order valence-corrected chi connectivity index (χ1v) is 16.0. The van der Waals surface area contributed by atoms with Crippen molar-refractivity contribution in [2.75, 3.05) is 13.7 Å². The number of nitrogens with one attached hydrogen (secondary N) is 2. The van der Waals surface area contributed by atoms with E-state index >= 15 is 0 Å². The van der Waals surface area contributed by atoms with Crippen molar-refractivity contribution in [1.29, 1.82) is 0 Å². The van der Waals surface area contributed by atoms with Crippen LogP contribution in [0.15, 0.2) is 60.7 Å². The van der Waals surface area contributed by atoms with Crippen molar-refractivity contribution in [1.82, 2.24) is 10.6 Å². The van der Waals surface area contributed by atoms with E-state index in [4.69, 9.17) is 30.5 Å². The summed E-state index contributed by atoms with van der Waals surface area (Å²) in [7, 11) is 1.51. The molecule has 2 aromatic rings. The molecule has 0 saturated carbocycles. The van der Waals surface area contributed by atoms with Gasteiger partial charge < -0.3 is 29.6 Å². The van der Waals surface area contributed by atoms with Crippen molar-refractivity contribution in [3.63, 3.8) is 0 Å². The highest BCUT2D eigenvalue weighted by molar-refractivity contribution is 6.32. The predicted octanol–water partition coefficient (Wildman–Crippen LogP) is 4.73. The molecule has 248 valence electrons. The maximum atomic E-state index is 13.5. The van der Waals surface area contributed by atoms with Gasteiger partial charge in [0.1, 0.15) is 24.0 Å². The van der Waals surface area contributed by atoms with Gasteiger partial charge in [0.15, 0.2) is 6.10 Å². The SMILES string of the molecule is COc1ccc(C[C@H]2NC(=O)/C=C/C[C@@H]([C@H](C)[C@H]3O[C@H]3c3ccccc3)OC(=O)[C@H](CC(C)C)OC(=O)[C@H](C)CNC2=O)cc1Cl. The Labute approximate surface area is 275 Å². The molecule has 46 heavy (non-hydrogen) atoms. The van der Waals surface area contributed by atoms with Crippen LogP contribution in [-0.2, 0) is 39.8 Å². The number of cyclic esters (lactones) is 2. The van der Waals surface area contributed by atoms with Crippen LogP contribution >= 0.6 is 11.6 Å². The van der Waals surface area contributed by atoms with Crippen LogP contribution in [0.1, 0.15) is 57.8 Å². The summed E-state index contributed by atoms with van der Waals surface area (Å²) in [6.45, 7) is 7.31. The summed E-state index contributed by atoms with van der Waals surface area (Å²) in [5.41, 5.74) is 1.73. The van der Waals surface area contributed by atoms with Crippen LogP contribution < -0.4 is 15.4 Å². The topological polar surface area (TPSA) is 133 Å². The minimum atomic E-state index is -1.13. The highest BCUT2D eigenvalue weighted by Crippen LogP contribution is 2.45. The van der Waals surface area contributed by atoms with Gasteiger partial charge in [0.25, 0.3) is 0 Å². The third-order valence-electron chi connectivity index (χ3n) is 8.14. The van der Waals surface area contributed by atoms with E-state index in [1.807, 2.05) is 51.1 Å². The number of carbonyl (C=O) groups is 4. The molecule has 2 amide bonds. The van der Waals surface area contributed by atoms with E-state index in [1.165, 1.54) is 13.2 Å². The number of ether oxygens (including phenoxy) is 4. The fourth-order valence-corrected chi connectivity index (χ4v) is 5.67. The summed E-state index contributed by atoms with van der Waals surface area (Å²) in [6.07, 6.45) is 1.40. The zero-order valence-corrected chi connectivity index (χ0v) is 27.6. The van der Waals surface area contributed by atoms with Crippen LogP contribution in [0.25, 0.3) is 0 Å². The first-order valence-electron chi connectivity index (χ1n) is 15.6. The summed E-state index contributed by atoms with van der Waals surface area (Å²) in [5.74, 6) is -2.78. The summed E-state index contributed by atoms with van der Waals surface area (Å²) < 4.78 is 22.9. The molecule has 0 aliphatic carbocycles. The smallest absolute Gasteiger partial charge is 0.347 e. The van der Waals surface area contributed by atoms with Crippen molar-refractivity contribution < 1.29 is 38.1 Å². The van der Waals surface area contributed by atoms with E-state index < -0.39 is 47.9 Å². The van der Waals surface area contributed by atoms with Gasteiger partial charge in [-0.15, -0.1) is 0 Å². The Morgan fingerprint density at radius 3 is 2.41 bits per heavy atom. The number of hydrogen-bond acceptors (Lipinski definition) is 8. The van der Waals surface area contributed by atoms with Gasteiger partial charge in [-0.2, -0.15) is 0 Å². The molecule has 2 aliphatic rings. The van der Waals surface area contributed by atoms with E-state index in [1.54, 1.807) is 31.2 Å². The van der Waals surface area contributed by atoms with E-state index in [2.05, 4.69) is 10.6 Å². The fourth-order valence-electron chi connectivity index (χ4n) is 5.39. The van der Waals surface area contributed by atoms with Crippen LogP contribution in [0.5, 0.6) is 5.75 Å². The molecule has 10 nitrogen and oxygen atoms in total. The highest BCUT2D eigenvalue weighted by Gasteiger charge is 2.47. The van der Waals surface area contributed by atoms with E-state index in [0.717, 1.165) is 5.56 Å². The number of epoxide rings is 1. The van der Waals surface area contributed by atoms with Crippen molar-refractivity contribution in [2.45, 2.75) is 77.4 Å². The van der Waals surface area contributed by atoms with Gasteiger partial charge in [-0.05, 0) is 41.7 Å². The minimum absolute atomic E-state index is 0.0341. The number of carbonyl (C=O) groups excluding carboxylic acids is 4. The summed E-state index contributed by atoms with van der Waals surface area (Å²) >= 11 is 6.30. The van der Waals surface area contributed by atoms with Crippen LogP contribution in [0.3, 0.4) is 0 Å². The molecule has 0 aromatic heterocycles. The maximum Gasteiger partial charge on any atom is 0.347 e. The Hall–Kier alpha value is -3.89. The second-order valence-corrected chi connectivity index (χ2v) is 12.7. The monoisotopic (exact) mass is 654 g/mol. The average Bonchev–Trinajstić information content (AvgIpc) is 3.83. The van der Waals surface area contributed by atoms with Gasteiger partial charge in [0, 0.05) is 25.3 Å². The number of benzene rings is 2. The number of amides is 2. The van der Waals surface area contributed by atoms with Crippen LogP contribution in [0, 0.1) is 17.8 Å². The van der Waals surface area contributed by atoms with E-state index in [0.29, 0.717) is 16.3 Å². The molecule has 0 bridgehead atoms. The zero-order valence-electron chi connectivity index (χ0n) is 26.9. The lowest BCUT2D eigenvalue weighted by atomic mass is 9.93. The van der Waals surface area contributed by atoms with Gasteiger partial charge in [-0.3, -0.25) is 14.4 Å². The van der Waals surface area contributed by atoms with Crippen molar-refractivity contribution >= 4 is 35.4 Å². The number of methoxy groups -OCH3 is 1. The third kappa shape index (κ3) is 9.56. The first kappa shape index (κ1) is 35.0. The number of halogens is 1. The highest BCUT2D eigenvalue weighted by atomic mass is 35.5. The molecule has 2 aromatic carbocycles. The van der Waals surface area contributed by atoms with Gasteiger partial charge in [-0.25, -0.2) is 4.79 Å². The molecule has 1 fully saturated rings. The molecule has 1 saturated heterocycles. The van der Waals surface area contributed by atoms with Gasteiger partial charge in [-0.1, -0.05) is 81.8 Å². The Kier molecular flexibility index (Phi) is 12.2. The number of rotatable bonds is 8. The van der Waals surface area contributed by atoms with Crippen molar-refractivity contribution in [3.8, 4) is 5.75 Å². The van der Waals surface area contributed by atoms with Crippen LogP contribution in [0.4, 0.5) is 0 Å². The third-order valence-corrected chi connectivity index (χ3v) is 8.44. The van der Waals surface area contributed by atoms with Crippen molar-refractivity contribution in [3.05, 3.63) is 76.8 Å². The average molecular weight is 655 g/mol. The first-order chi connectivity index (χ1) is 22.0. The normalized spacial score (nSPS) is 27.5. The molecule has 4 rings (SSSR count). The molecule has 2 aliphatic heterocycles. The van der Waals surface area contributed by atoms with E-state index in [-0.39, 0.29) is 49.9 Å². The number of hydrogen-bond donors (Lipinski definition) is 2. The fraction of sp³-hybridized carbons (Fsp3) is 0.486. The number of esters is 2. The van der Waals surface area contributed by atoms with E-state index in [9.17, 15) is 19.2 Å². The lowest BCUT2D eigenvalue weighted by Gasteiger charge is -2.27. The standard InChI is InChI=1S/C35H43ClN2O8/c1-20(2)16-29-35(42)44-27(22(4)31-32(46-31)24-10-7-6-8-11-24)12-9-13-30(39)38-26(33(40)37-19-21(3)34(41)45-29)18-23-14-15-28(43-5)25(36)17-23/h6-11,13-15,17,20-22,26-27,29,31-32H,12,16,18-19H2,1-5H3,(H,37,40)(H,38,39)/b13-9+/t21-,22+,26-,27+,29+,31-,32+/m1/s1. The summed E-state index contributed by atoms with van der Waals surface area (Å²) in [4.78, 5) is 52.9. The second-order valence-electron chi connectivity index (χ2n) is 12.3. The molecule has 0 unspecified atom stereocenters. The maximum absolute atomic E-state index is 13.5. The summed E-state index contributed by atoms with van der Waals surface area (Å²) in [6, 6.07) is 13.9. The minimum Gasteiger partial charge on any atom is -0.495 e. The lowest BCUT2D eigenvalue weighted by molar-refractivity contribution is -0.176. The molecular weight excluding hydrogens is 612 g/mol. The largest absolute Gasteiger partial charge is 0.495 e. The van der Waals surface area contributed by atoms with Crippen LogP contribution in [0.2, 0.25) is 5.02 Å². The Bertz CT molecular complexity index is 1410. The Morgan fingerprint density at radius 2 is 1.74 bits per heavy atom. The molecule has 2 heterocycles. The molecule has 0 spiro atoms. The predicted molar refractivity (Wildman–Crippen MR) is 172 cm³/mol. The van der Waals surface area contributed by atoms with Gasteiger partial charge >= 0.3 is 11.9 Å². The second kappa shape index (κ2) is 16.1.